The summed E-state index contributed by atoms with van der Waals surface area (Å²) < 4.78 is 0. The quantitative estimate of drug-likeness (QED) is 0.907. The van der Waals surface area contributed by atoms with Gasteiger partial charge in [0.15, 0.2) is 0 Å². The minimum Gasteiger partial charge on any atom is -0.378 e. The molecule has 0 amide bonds. The van der Waals surface area contributed by atoms with Crippen LogP contribution in [-0.4, -0.2) is 24.1 Å². The zero-order chi connectivity index (χ0) is 14.5. The van der Waals surface area contributed by atoms with Crippen LogP contribution in [0.15, 0.2) is 36.5 Å². The third kappa shape index (κ3) is 3.78. The minimum absolute atomic E-state index is 0.293. The standard InChI is InChI=1S/C16H22N4/c1-12(14-5-7-16(8-6-14)20(3)4)18-11-15-9-10-17-13(2)19-15/h5-10,12,18H,11H2,1-4H3. The Hall–Kier alpha value is -1.94. The first-order chi connectivity index (χ1) is 9.56. The van der Waals surface area contributed by atoms with Gasteiger partial charge in [-0.15, -0.1) is 0 Å². The molecule has 1 aromatic heterocycles. The molecule has 2 rings (SSSR count). The van der Waals surface area contributed by atoms with Gasteiger partial charge in [-0.3, -0.25) is 0 Å². The van der Waals surface area contributed by atoms with Crippen molar-refractivity contribution in [2.45, 2.75) is 26.4 Å². The number of anilines is 1. The Kier molecular flexibility index (Phi) is 4.69. The van der Waals surface area contributed by atoms with Gasteiger partial charge in [-0.05, 0) is 37.6 Å². The molecule has 0 bridgehead atoms. The molecule has 0 aliphatic carbocycles. The molecule has 106 valence electrons. The van der Waals surface area contributed by atoms with Crippen molar-refractivity contribution in [2.24, 2.45) is 0 Å². The number of hydrogen-bond acceptors (Lipinski definition) is 4. The zero-order valence-corrected chi connectivity index (χ0v) is 12.6. The molecule has 20 heavy (non-hydrogen) atoms. The number of hydrogen-bond donors (Lipinski definition) is 1. The number of nitrogens with one attached hydrogen (secondary N) is 1. The predicted molar refractivity (Wildman–Crippen MR) is 82.8 cm³/mol. The van der Waals surface area contributed by atoms with Crippen molar-refractivity contribution in [1.29, 1.82) is 0 Å². The number of rotatable bonds is 5. The van der Waals surface area contributed by atoms with Crippen LogP contribution in [-0.2, 0) is 6.54 Å². The minimum atomic E-state index is 0.293. The molecule has 0 fully saturated rings. The number of nitrogens with zero attached hydrogens (tertiary/aromatic N) is 3. The van der Waals surface area contributed by atoms with Crippen molar-refractivity contribution in [1.82, 2.24) is 15.3 Å². The summed E-state index contributed by atoms with van der Waals surface area (Å²) >= 11 is 0. The number of aryl methyl sites for hydroxylation is 1. The van der Waals surface area contributed by atoms with Gasteiger partial charge in [0.05, 0.1) is 5.69 Å². The number of aromatic nitrogens is 2. The highest BCUT2D eigenvalue weighted by molar-refractivity contribution is 5.46. The molecule has 1 heterocycles. The molecule has 1 N–H and O–H groups in total. The van der Waals surface area contributed by atoms with E-state index in [-0.39, 0.29) is 0 Å². The Morgan fingerprint density at radius 2 is 1.85 bits per heavy atom. The molecule has 1 aromatic carbocycles. The molecule has 0 spiro atoms. The van der Waals surface area contributed by atoms with Gasteiger partial charge in [0.2, 0.25) is 0 Å². The lowest BCUT2D eigenvalue weighted by Gasteiger charge is -2.17. The lowest BCUT2D eigenvalue weighted by molar-refractivity contribution is 0.566. The summed E-state index contributed by atoms with van der Waals surface area (Å²) in [5.74, 6) is 0.812. The third-order valence-corrected chi connectivity index (χ3v) is 3.33. The summed E-state index contributed by atoms with van der Waals surface area (Å²) in [4.78, 5) is 10.6. The SMILES string of the molecule is Cc1nccc(CNC(C)c2ccc(N(C)C)cc2)n1. The molecule has 0 saturated carbocycles. The van der Waals surface area contributed by atoms with Crippen LogP contribution in [0.4, 0.5) is 5.69 Å². The Labute approximate surface area is 120 Å². The van der Waals surface area contributed by atoms with E-state index in [0.29, 0.717) is 6.04 Å². The maximum atomic E-state index is 4.40. The molecular weight excluding hydrogens is 248 g/mol. The lowest BCUT2D eigenvalue weighted by atomic mass is 10.1. The van der Waals surface area contributed by atoms with Gasteiger partial charge in [-0.1, -0.05) is 12.1 Å². The summed E-state index contributed by atoms with van der Waals surface area (Å²) in [6.45, 7) is 4.82. The van der Waals surface area contributed by atoms with Crippen molar-refractivity contribution in [3.05, 3.63) is 53.6 Å². The van der Waals surface area contributed by atoms with Crippen molar-refractivity contribution < 1.29 is 0 Å². The van der Waals surface area contributed by atoms with E-state index in [4.69, 9.17) is 0 Å². The Morgan fingerprint density at radius 3 is 2.45 bits per heavy atom. The normalized spacial score (nSPS) is 12.2. The van der Waals surface area contributed by atoms with E-state index in [9.17, 15) is 0 Å². The lowest BCUT2D eigenvalue weighted by Crippen LogP contribution is -2.19. The fourth-order valence-corrected chi connectivity index (χ4v) is 2.04. The van der Waals surface area contributed by atoms with Gasteiger partial charge in [0.1, 0.15) is 5.82 Å². The van der Waals surface area contributed by atoms with E-state index in [2.05, 4.69) is 51.4 Å². The Balaban J connectivity index is 1.96. The maximum Gasteiger partial charge on any atom is 0.125 e. The molecule has 4 heteroatoms. The first-order valence-corrected chi connectivity index (χ1v) is 6.85. The van der Waals surface area contributed by atoms with Crippen LogP contribution in [0, 0.1) is 6.92 Å². The van der Waals surface area contributed by atoms with Crippen LogP contribution < -0.4 is 10.2 Å². The summed E-state index contributed by atoms with van der Waals surface area (Å²) in [7, 11) is 4.10. The largest absolute Gasteiger partial charge is 0.378 e. The van der Waals surface area contributed by atoms with Gasteiger partial charge in [0, 0.05) is 38.6 Å². The van der Waals surface area contributed by atoms with E-state index < -0.39 is 0 Å². The molecule has 4 nitrogen and oxygen atoms in total. The molecule has 1 atom stereocenters. The molecule has 0 saturated heterocycles. The maximum absolute atomic E-state index is 4.40. The summed E-state index contributed by atoms with van der Waals surface area (Å²) in [5.41, 5.74) is 3.52. The van der Waals surface area contributed by atoms with Crippen LogP contribution in [0.1, 0.15) is 30.0 Å². The Morgan fingerprint density at radius 1 is 1.15 bits per heavy atom. The van der Waals surface area contributed by atoms with Crippen LogP contribution in [0.2, 0.25) is 0 Å². The smallest absolute Gasteiger partial charge is 0.125 e. The first-order valence-electron chi connectivity index (χ1n) is 6.85. The molecule has 0 aliphatic heterocycles. The van der Waals surface area contributed by atoms with E-state index >= 15 is 0 Å². The van der Waals surface area contributed by atoms with Gasteiger partial charge in [-0.25, -0.2) is 9.97 Å². The third-order valence-electron chi connectivity index (χ3n) is 3.33. The zero-order valence-electron chi connectivity index (χ0n) is 12.6. The van der Waals surface area contributed by atoms with Crippen molar-refractivity contribution in [3.63, 3.8) is 0 Å². The summed E-state index contributed by atoms with van der Waals surface area (Å²) in [6, 6.07) is 10.9. The van der Waals surface area contributed by atoms with Crippen LogP contribution >= 0.6 is 0 Å². The molecule has 1 unspecified atom stereocenters. The topological polar surface area (TPSA) is 41.1 Å². The Bertz CT molecular complexity index is 549. The second-order valence-corrected chi connectivity index (χ2v) is 5.18. The van der Waals surface area contributed by atoms with Crippen LogP contribution in [0.25, 0.3) is 0 Å². The van der Waals surface area contributed by atoms with Crippen molar-refractivity contribution in [2.75, 3.05) is 19.0 Å². The fourth-order valence-electron chi connectivity index (χ4n) is 2.04. The van der Waals surface area contributed by atoms with Gasteiger partial charge in [-0.2, -0.15) is 0 Å². The second-order valence-electron chi connectivity index (χ2n) is 5.18. The van der Waals surface area contributed by atoms with Crippen molar-refractivity contribution >= 4 is 5.69 Å². The molecular formula is C16H22N4. The molecule has 2 aromatic rings. The van der Waals surface area contributed by atoms with E-state index in [1.165, 1.54) is 11.3 Å². The highest BCUT2D eigenvalue weighted by Crippen LogP contribution is 2.17. The predicted octanol–water partition coefficient (Wildman–Crippen LogP) is 2.70. The van der Waals surface area contributed by atoms with Crippen molar-refractivity contribution in [3.8, 4) is 0 Å². The van der Waals surface area contributed by atoms with E-state index in [1.54, 1.807) is 6.20 Å². The average molecular weight is 270 g/mol. The first kappa shape index (κ1) is 14.5. The van der Waals surface area contributed by atoms with Crippen LogP contribution in [0.3, 0.4) is 0 Å². The summed E-state index contributed by atoms with van der Waals surface area (Å²) in [5, 5.41) is 3.49. The monoisotopic (exact) mass is 270 g/mol. The van der Waals surface area contributed by atoms with Gasteiger partial charge >= 0.3 is 0 Å². The van der Waals surface area contributed by atoms with Crippen LogP contribution in [0.5, 0.6) is 0 Å². The fraction of sp³-hybridized carbons (Fsp3) is 0.375. The average Bonchev–Trinajstić information content (AvgIpc) is 2.45. The number of benzene rings is 1. The van der Waals surface area contributed by atoms with E-state index in [0.717, 1.165) is 18.1 Å². The summed E-state index contributed by atoms with van der Waals surface area (Å²) in [6.07, 6.45) is 1.80. The molecule has 0 radical (unpaired) electrons. The van der Waals surface area contributed by atoms with Gasteiger partial charge < -0.3 is 10.2 Å². The van der Waals surface area contributed by atoms with Gasteiger partial charge in [0.25, 0.3) is 0 Å². The van der Waals surface area contributed by atoms with E-state index in [1.807, 2.05) is 27.1 Å². The second kappa shape index (κ2) is 6.48. The highest BCUT2D eigenvalue weighted by Gasteiger charge is 2.06. The molecule has 0 aliphatic rings. The highest BCUT2D eigenvalue weighted by atomic mass is 15.1.